The van der Waals surface area contributed by atoms with Crippen LogP contribution in [0.3, 0.4) is 0 Å². The fraction of sp³-hybridized carbons (Fsp3) is 1.00. The van der Waals surface area contributed by atoms with Gasteiger partial charge in [-0.25, -0.2) is 11.8 Å². The first kappa shape index (κ1) is 11.0. The summed E-state index contributed by atoms with van der Waals surface area (Å²) >= 11 is 0. The molecule has 16 heavy (non-hydrogen) atoms. The topological polar surface area (TPSA) is 70.5 Å². The number of nitrogens with two attached hydrogens (primary N) is 2. The molecule has 4 saturated carbocycles. The van der Waals surface area contributed by atoms with Gasteiger partial charge in [0.05, 0.1) is 6.61 Å². The quantitative estimate of drug-likeness (QED) is 0.707. The lowest BCUT2D eigenvalue weighted by Crippen LogP contribution is -2.51. The summed E-state index contributed by atoms with van der Waals surface area (Å²) in [4.78, 5) is 9.86. The second-order valence-corrected chi connectivity index (χ2v) is 6.02. The molecular weight excluding hydrogens is 204 g/mol. The summed E-state index contributed by atoms with van der Waals surface area (Å²) in [7, 11) is 0. The first-order chi connectivity index (χ1) is 7.81. The maximum atomic E-state index is 5.40. The predicted molar refractivity (Wildman–Crippen MR) is 59.7 cm³/mol. The molecule has 4 nitrogen and oxygen atoms in total. The lowest BCUT2D eigenvalue weighted by Gasteiger charge is -2.55. The van der Waals surface area contributed by atoms with Crippen LogP contribution in [0.25, 0.3) is 0 Å². The Morgan fingerprint density at radius 1 is 0.938 bits per heavy atom. The monoisotopic (exact) mass is 226 g/mol. The Hall–Kier alpha value is -0.160. The largest absolute Gasteiger partial charge is 0.302 e. The van der Waals surface area contributed by atoms with Crippen LogP contribution < -0.4 is 11.8 Å². The summed E-state index contributed by atoms with van der Waals surface area (Å²) in [6.45, 7) is 0.434. The molecule has 4 N–H and O–H groups in total. The van der Waals surface area contributed by atoms with E-state index < -0.39 is 0 Å². The fourth-order valence-electron chi connectivity index (χ4n) is 4.91. The van der Waals surface area contributed by atoms with Crippen LogP contribution in [-0.2, 0) is 9.68 Å². The molecule has 0 amide bonds. The second kappa shape index (κ2) is 4.26. The zero-order chi connectivity index (χ0) is 11.1. The summed E-state index contributed by atoms with van der Waals surface area (Å²) in [5.74, 6) is 14.7. The predicted octanol–water partition coefficient (Wildman–Crippen LogP) is 1.21. The van der Waals surface area contributed by atoms with E-state index in [0.717, 1.165) is 23.7 Å². The number of hydrogen-bond acceptors (Lipinski definition) is 4. The summed E-state index contributed by atoms with van der Waals surface area (Å²) in [6.07, 6.45) is 6.98. The third-order valence-corrected chi connectivity index (χ3v) is 5.16. The van der Waals surface area contributed by atoms with E-state index in [9.17, 15) is 0 Å². The molecule has 0 heterocycles. The van der Waals surface area contributed by atoms with Crippen molar-refractivity contribution < 1.29 is 9.68 Å². The molecule has 92 valence electrons. The van der Waals surface area contributed by atoms with Gasteiger partial charge in [0.1, 0.15) is 6.10 Å². The third-order valence-electron chi connectivity index (χ3n) is 5.16. The molecule has 4 heteroatoms. The van der Waals surface area contributed by atoms with Gasteiger partial charge in [-0.05, 0) is 61.7 Å². The van der Waals surface area contributed by atoms with Crippen LogP contribution in [0.4, 0.5) is 0 Å². The minimum atomic E-state index is -0.000000000000000444. The van der Waals surface area contributed by atoms with Crippen molar-refractivity contribution in [3.63, 3.8) is 0 Å². The summed E-state index contributed by atoms with van der Waals surface area (Å²) < 4.78 is 0. The van der Waals surface area contributed by atoms with E-state index in [1.54, 1.807) is 0 Å². The van der Waals surface area contributed by atoms with Crippen LogP contribution in [-0.4, -0.2) is 12.7 Å². The molecule has 0 saturated heterocycles. The van der Waals surface area contributed by atoms with Crippen LogP contribution in [0.1, 0.15) is 32.1 Å². The Bertz CT molecular complexity index is 229. The molecule has 0 aromatic carbocycles. The van der Waals surface area contributed by atoms with Gasteiger partial charge in [0.15, 0.2) is 0 Å². The average molecular weight is 226 g/mol. The second-order valence-electron chi connectivity index (χ2n) is 6.02. The van der Waals surface area contributed by atoms with Gasteiger partial charge < -0.3 is 4.84 Å². The Balaban J connectivity index is 1.75. The van der Waals surface area contributed by atoms with Crippen molar-refractivity contribution in [3.8, 4) is 0 Å². The minimum Gasteiger partial charge on any atom is -0.302 e. The molecule has 0 spiro atoms. The van der Waals surface area contributed by atoms with E-state index in [0.29, 0.717) is 12.5 Å². The van der Waals surface area contributed by atoms with Crippen LogP contribution in [0.2, 0.25) is 0 Å². The molecule has 0 aromatic rings. The van der Waals surface area contributed by atoms with Crippen molar-refractivity contribution in [2.45, 2.75) is 38.2 Å². The number of hydrogen-bond donors (Lipinski definition) is 2. The summed E-state index contributed by atoms with van der Waals surface area (Å²) in [5, 5.41) is 0. The Kier molecular flexibility index (Phi) is 2.92. The van der Waals surface area contributed by atoms with Gasteiger partial charge in [-0.1, -0.05) is 0 Å². The van der Waals surface area contributed by atoms with Crippen LogP contribution in [0.15, 0.2) is 0 Å². The highest BCUT2D eigenvalue weighted by molar-refractivity contribution is 5.00. The summed E-state index contributed by atoms with van der Waals surface area (Å²) in [5.41, 5.74) is 0. The summed E-state index contributed by atoms with van der Waals surface area (Å²) in [6, 6.07) is 0. The van der Waals surface area contributed by atoms with E-state index >= 15 is 0 Å². The minimum absolute atomic E-state index is 0.000000000000000444. The van der Waals surface area contributed by atoms with Gasteiger partial charge in [-0.3, -0.25) is 4.84 Å². The van der Waals surface area contributed by atoms with Crippen molar-refractivity contribution in [2.24, 2.45) is 41.4 Å². The molecule has 0 radical (unpaired) electrons. The van der Waals surface area contributed by atoms with E-state index in [2.05, 4.69) is 0 Å². The first-order valence-corrected chi connectivity index (χ1v) is 6.49. The Labute approximate surface area is 96.6 Å². The van der Waals surface area contributed by atoms with Gasteiger partial charge >= 0.3 is 0 Å². The fourth-order valence-corrected chi connectivity index (χ4v) is 4.91. The van der Waals surface area contributed by atoms with Gasteiger partial charge in [-0.15, -0.1) is 0 Å². The standard InChI is InChI=1S/C12H22N2O2/c13-15-6-11(16-14)12-9-2-7-1-8(4-9)5-10(12)3-7/h7-12H,1-6,13-14H2. The highest BCUT2D eigenvalue weighted by Crippen LogP contribution is 2.57. The molecule has 4 aliphatic rings. The average Bonchev–Trinajstić information content (AvgIpc) is 2.26. The lowest BCUT2D eigenvalue weighted by molar-refractivity contribution is -0.134. The third kappa shape index (κ3) is 1.68. The molecule has 4 aliphatic carbocycles. The zero-order valence-electron chi connectivity index (χ0n) is 9.68. The highest BCUT2D eigenvalue weighted by Gasteiger charge is 2.50. The molecule has 4 rings (SSSR count). The van der Waals surface area contributed by atoms with Gasteiger partial charge in [0, 0.05) is 0 Å². The lowest BCUT2D eigenvalue weighted by atomic mass is 9.51. The molecule has 0 aromatic heterocycles. The molecular formula is C12H22N2O2. The normalized spacial score (nSPS) is 47.2. The van der Waals surface area contributed by atoms with Crippen LogP contribution >= 0.6 is 0 Å². The first-order valence-electron chi connectivity index (χ1n) is 6.49. The Morgan fingerprint density at radius 3 is 1.94 bits per heavy atom. The van der Waals surface area contributed by atoms with Crippen molar-refractivity contribution in [3.05, 3.63) is 0 Å². The molecule has 4 fully saturated rings. The van der Waals surface area contributed by atoms with E-state index in [-0.39, 0.29) is 6.10 Å². The van der Waals surface area contributed by atoms with Crippen LogP contribution in [0, 0.1) is 29.6 Å². The van der Waals surface area contributed by atoms with E-state index in [4.69, 9.17) is 21.5 Å². The van der Waals surface area contributed by atoms with Gasteiger partial charge in [0.2, 0.25) is 0 Å². The molecule has 1 atom stereocenters. The number of rotatable bonds is 4. The highest BCUT2D eigenvalue weighted by atomic mass is 16.7. The Morgan fingerprint density at radius 2 is 1.50 bits per heavy atom. The zero-order valence-corrected chi connectivity index (χ0v) is 9.68. The smallest absolute Gasteiger partial charge is 0.107 e. The molecule has 1 unspecified atom stereocenters. The van der Waals surface area contributed by atoms with Crippen LogP contribution in [0.5, 0.6) is 0 Å². The van der Waals surface area contributed by atoms with Crippen molar-refractivity contribution in [2.75, 3.05) is 6.61 Å². The SMILES string of the molecule is NOCC(ON)C1C2CC3CC(C2)CC1C3. The molecule has 4 bridgehead atoms. The van der Waals surface area contributed by atoms with Crippen molar-refractivity contribution in [1.29, 1.82) is 0 Å². The van der Waals surface area contributed by atoms with Crippen molar-refractivity contribution in [1.82, 2.24) is 0 Å². The van der Waals surface area contributed by atoms with Crippen molar-refractivity contribution >= 4 is 0 Å². The molecule has 0 aliphatic heterocycles. The van der Waals surface area contributed by atoms with E-state index in [1.807, 2.05) is 0 Å². The van der Waals surface area contributed by atoms with Gasteiger partial charge in [0.25, 0.3) is 0 Å². The van der Waals surface area contributed by atoms with E-state index in [1.165, 1.54) is 32.1 Å². The maximum Gasteiger partial charge on any atom is 0.107 e. The van der Waals surface area contributed by atoms with Gasteiger partial charge in [-0.2, -0.15) is 0 Å². The maximum absolute atomic E-state index is 5.40.